The first-order valence-corrected chi connectivity index (χ1v) is 7.85. The second-order valence-electron chi connectivity index (χ2n) is 5.08. The minimum atomic E-state index is -0.236. The predicted molar refractivity (Wildman–Crippen MR) is 90.5 cm³/mol. The van der Waals surface area contributed by atoms with Crippen LogP contribution >= 0.6 is 15.9 Å². The van der Waals surface area contributed by atoms with Crippen molar-refractivity contribution in [2.24, 2.45) is 0 Å². The van der Waals surface area contributed by atoms with Gasteiger partial charge in [-0.2, -0.15) is 0 Å². The summed E-state index contributed by atoms with van der Waals surface area (Å²) in [5.41, 5.74) is 2.92. The van der Waals surface area contributed by atoms with E-state index < -0.39 is 0 Å². The number of nitrogens with one attached hydrogen (secondary N) is 2. The van der Waals surface area contributed by atoms with Crippen molar-refractivity contribution >= 4 is 27.5 Å². The van der Waals surface area contributed by atoms with Gasteiger partial charge in [0.05, 0.1) is 12.2 Å². The van der Waals surface area contributed by atoms with Gasteiger partial charge in [0.15, 0.2) is 0 Å². The van der Waals surface area contributed by atoms with Crippen molar-refractivity contribution in [3.8, 4) is 0 Å². The lowest BCUT2D eigenvalue weighted by Crippen LogP contribution is -2.29. The normalized spacial score (nSPS) is 10.5. The number of hydrogen-bond acceptors (Lipinski definition) is 2. The molecule has 2 rings (SSSR count). The Labute approximate surface area is 138 Å². The zero-order valence-electron chi connectivity index (χ0n) is 12.3. The van der Waals surface area contributed by atoms with Gasteiger partial charge in [0, 0.05) is 4.47 Å². The van der Waals surface area contributed by atoms with Gasteiger partial charge >= 0.3 is 0 Å². The minimum absolute atomic E-state index is 0.0938. The second kappa shape index (κ2) is 8.06. The summed E-state index contributed by atoms with van der Waals surface area (Å²) in [5.74, 6) is -0.330. The van der Waals surface area contributed by atoms with Gasteiger partial charge < -0.3 is 10.6 Å². The molecule has 22 heavy (non-hydrogen) atoms. The molecule has 0 aliphatic heterocycles. The van der Waals surface area contributed by atoms with Crippen LogP contribution in [-0.2, 0) is 11.2 Å². The summed E-state index contributed by atoms with van der Waals surface area (Å²) in [6.07, 6.45) is 0.752. The average Bonchev–Trinajstić information content (AvgIpc) is 2.48. The fourth-order valence-corrected chi connectivity index (χ4v) is 2.59. The monoisotopic (exact) mass is 364 g/mol. The van der Waals surface area contributed by atoms with E-state index in [1.165, 1.54) is 12.1 Å². The summed E-state index contributed by atoms with van der Waals surface area (Å²) in [6, 6.07) is 12.2. The molecule has 0 atom stereocenters. The van der Waals surface area contributed by atoms with Crippen molar-refractivity contribution in [2.45, 2.75) is 13.3 Å². The van der Waals surface area contributed by atoms with Crippen LogP contribution in [-0.4, -0.2) is 19.0 Å². The fraction of sp³-hybridized carbons (Fsp3) is 0.235. The van der Waals surface area contributed by atoms with E-state index in [0.717, 1.165) is 27.7 Å². The van der Waals surface area contributed by atoms with Crippen LogP contribution in [0.25, 0.3) is 0 Å². The van der Waals surface area contributed by atoms with Crippen molar-refractivity contribution in [1.82, 2.24) is 5.32 Å². The number of benzene rings is 2. The van der Waals surface area contributed by atoms with Gasteiger partial charge in [0.2, 0.25) is 5.91 Å². The Morgan fingerprint density at radius 2 is 1.91 bits per heavy atom. The molecule has 0 aliphatic carbocycles. The van der Waals surface area contributed by atoms with E-state index in [-0.39, 0.29) is 18.3 Å². The number of hydrogen-bond donors (Lipinski definition) is 2. The maximum absolute atomic E-state index is 12.8. The summed E-state index contributed by atoms with van der Waals surface area (Å²) < 4.78 is 13.6. The highest BCUT2D eigenvalue weighted by molar-refractivity contribution is 9.10. The molecule has 0 saturated heterocycles. The van der Waals surface area contributed by atoms with Crippen molar-refractivity contribution in [1.29, 1.82) is 0 Å². The van der Waals surface area contributed by atoms with Gasteiger partial charge in [-0.05, 0) is 71.2 Å². The molecule has 0 fully saturated rings. The standard InChI is InChI=1S/C17H18BrFN2O/c1-12-2-7-16(15(18)10-12)21-17(22)11-20-9-8-13-3-5-14(19)6-4-13/h2-7,10,20H,8-9,11H2,1H3,(H,21,22). The Balaban J connectivity index is 1.72. The number of rotatable bonds is 6. The highest BCUT2D eigenvalue weighted by Crippen LogP contribution is 2.23. The molecule has 0 aliphatic rings. The lowest BCUT2D eigenvalue weighted by molar-refractivity contribution is -0.115. The van der Waals surface area contributed by atoms with E-state index in [1.54, 1.807) is 12.1 Å². The van der Waals surface area contributed by atoms with E-state index in [9.17, 15) is 9.18 Å². The SMILES string of the molecule is Cc1ccc(NC(=O)CNCCc2ccc(F)cc2)c(Br)c1. The largest absolute Gasteiger partial charge is 0.324 e. The Bertz CT molecular complexity index is 644. The average molecular weight is 365 g/mol. The van der Waals surface area contributed by atoms with Crippen molar-refractivity contribution < 1.29 is 9.18 Å². The molecular formula is C17H18BrFN2O. The third-order valence-corrected chi connectivity index (χ3v) is 3.84. The molecule has 2 N–H and O–H groups in total. The van der Waals surface area contributed by atoms with E-state index in [1.807, 2.05) is 25.1 Å². The molecule has 0 heterocycles. The first-order chi connectivity index (χ1) is 10.5. The van der Waals surface area contributed by atoms with Crippen LogP contribution in [0.15, 0.2) is 46.9 Å². The van der Waals surface area contributed by atoms with Crippen molar-refractivity contribution in [2.75, 3.05) is 18.4 Å². The molecule has 0 spiro atoms. The maximum Gasteiger partial charge on any atom is 0.238 e. The van der Waals surface area contributed by atoms with Crippen LogP contribution in [0, 0.1) is 12.7 Å². The highest BCUT2D eigenvalue weighted by atomic mass is 79.9. The smallest absolute Gasteiger partial charge is 0.238 e. The van der Waals surface area contributed by atoms with Gasteiger partial charge in [-0.15, -0.1) is 0 Å². The minimum Gasteiger partial charge on any atom is -0.324 e. The zero-order valence-corrected chi connectivity index (χ0v) is 13.9. The lowest BCUT2D eigenvalue weighted by atomic mass is 10.1. The summed E-state index contributed by atoms with van der Waals surface area (Å²) in [4.78, 5) is 11.9. The van der Waals surface area contributed by atoms with Crippen LogP contribution in [0.3, 0.4) is 0 Å². The quantitative estimate of drug-likeness (QED) is 0.767. The van der Waals surface area contributed by atoms with Crippen LogP contribution in [0.4, 0.5) is 10.1 Å². The summed E-state index contributed by atoms with van der Waals surface area (Å²) >= 11 is 3.43. The Morgan fingerprint density at radius 3 is 2.59 bits per heavy atom. The third kappa shape index (κ3) is 5.24. The molecule has 0 aromatic heterocycles. The fourth-order valence-electron chi connectivity index (χ4n) is 2.00. The first-order valence-electron chi connectivity index (χ1n) is 7.06. The van der Waals surface area contributed by atoms with Gasteiger partial charge in [-0.25, -0.2) is 4.39 Å². The Hall–Kier alpha value is -1.72. The number of anilines is 1. The second-order valence-corrected chi connectivity index (χ2v) is 5.94. The van der Waals surface area contributed by atoms with E-state index in [2.05, 4.69) is 26.6 Å². The topological polar surface area (TPSA) is 41.1 Å². The van der Waals surface area contributed by atoms with E-state index in [0.29, 0.717) is 6.54 Å². The maximum atomic E-state index is 12.8. The Morgan fingerprint density at radius 1 is 1.18 bits per heavy atom. The molecule has 5 heteroatoms. The molecule has 0 radical (unpaired) electrons. The molecule has 0 saturated carbocycles. The summed E-state index contributed by atoms with van der Waals surface area (Å²) in [7, 11) is 0. The molecule has 1 amide bonds. The highest BCUT2D eigenvalue weighted by Gasteiger charge is 2.05. The Kier molecular flexibility index (Phi) is 6.10. The van der Waals surface area contributed by atoms with Crippen molar-refractivity contribution in [3.63, 3.8) is 0 Å². The van der Waals surface area contributed by atoms with E-state index >= 15 is 0 Å². The number of amides is 1. The molecule has 3 nitrogen and oxygen atoms in total. The number of carbonyl (C=O) groups is 1. The van der Waals surface area contributed by atoms with Gasteiger partial charge in [-0.3, -0.25) is 4.79 Å². The predicted octanol–water partition coefficient (Wildman–Crippen LogP) is 3.67. The van der Waals surface area contributed by atoms with Crippen LogP contribution in [0.1, 0.15) is 11.1 Å². The molecule has 2 aromatic carbocycles. The van der Waals surface area contributed by atoms with Crippen LogP contribution in [0.2, 0.25) is 0 Å². The van der Waals surface area contributed by atoms with Gasteiger partial charge in [0.1, 0.15) is 5.82 Å². The lowest BCUT2D eigenvalue weighted by Gasteiger charge is -2.09. The number of carbonyl (C=O) groups excluding carboxylic acids is 1. The molecule has 0 unspecified atom stereocenters. The summed E-state index contributed by atoms with van der Waals surface area (Å²) in [5, 5.41) is 5.92. The van der Waals surface area contributed by atoms with Crippen LogP contribution < -0.4 is 10.6 Å². The number of aryl methyl sites for hydroxylation is 1. The van der Waals surface area contributed by atoms with Crippen molar-refractivity contribution in [3.05, 3.63) is 63.9 Å². The van der Waals surface area contributed by atoms with E-state index in [4.69, 9.17) is 0 Å². The number of halogens is 2. The third-order valence-electron chi connectivity index (χ3n) is 3.19. The van der Waals surface area contributed by atoms with Gasteiger partial charge in [-0.1, -0.05) is 18.2 Å². The van der Waals surface area contributed by atoms with Gasteiger partial charge in [0.25, 0.3) is 0 Å². The van der Waals surface area contributed by atoms with Crippen LogP contribution in [0.5, 0.6) is 0 Å². The molecule has 116 valence electrons. The molecule has 0 bridgehead atoms. The first kappa shape index (κ1) is 16.6. The molecular weight excluding hydrogens is 347 g/mol. The molecule has 2 aromatic rings. The summed E-state index contributed by atoms with van der Waals surface area (Å²) in [6.45, 7) is 2.89. The zero-order chi connectivity index (χ0) is 15.9.